The summed E-state index contributed by atoms with van der Waals surface area (Å²) < 4.78 is 68.4. The molecule has 0 amide bonds. The van der Waals surface area contributed by atoms with E-state index in [0.29, 0.717) is 38.5 Å². The molecule has 0 saturated heterocycles. The van der Waals surface area contributed by atoms with Gasteiger partial charge >= 0.3 is 39.5 Å². The molecule has 0 radical (unpaired) electrons. The van der Waals surface area contributed by atoms with E-state index in [4.69, 9.17) is 37.0 Å². The summed E-state index contributed by atoms with van der Waals surface area (Å²) in [4.78, 5) is 72.9. The summed E-state index contributed by atoms with van der Waals surface area (Å²) in [5.74, 6) is -2.35. The molecule has 0 saturated carbocycles. The SMILES string of the molecule is CC/C=C\C/C=C\C/C=C\C/C=C\C/C=C\CCCC(=O)OCC(COP(=O)(O)OCC(O)COP(=O)(O)OCC(COC(=O)CCCC/C=C\C/C=C\C/C=C\C/C=C\CC)OC(=O)CCCC/C=C\C/C=C\C/C=C\C/C=C\CC)OC(=O)CCCCCCCCCCCCCCCCC. The highest BCUT2D eigenvalue weighted by molar-refractivity contribution is 7.47. The first-order chi connectivity index (χ1) is 49.7. The van der Waals surface area contributed by atoms with E-state index in [2.05, 4.69) is 174 Å². The number of rotatable bonds is 71. The number of esters is 4. The van der Waals surface area contributed by atoms with Gasteiger partial charge in [0.2, 0.25) is 0 Å². The lowest BCUT2D eigenvalue weighted by molar-refractivity contribution is -0.161. The van der Waals surface area contributed by atoms with Crippen LogP contribution in [0.1, 0.15) is 285 Å². The number of phosphoric acid groups is 2. The van der Waals surface area contributed by atoms with E-state index in [1.165, 1.54) is 64.2 Å². The lowest BCUT2D eigenvalue weighted by Gasteiger charge is -2.21. The van der Waals surface area contributed by atoms with Crippen molar-refractivity contribution >= 4 is 39.5 Å². The maximum absolute atomic E-state index is 13.1. The Bertz CT molecular complexity index is 2550. The van der Waals surface area contributed by atoms with Gasteiger partial charge in [0.15, 0.2) is 12.2 Å². The Morgan fingerprint density at radius 1 is 0.284 bits per heavy atom. The van der Waals surface area contributed by atoms with Crippen LogP contribution < -0.4 is 0 Å². The lowest BCUT2D eigenvalue weighted by atomic mass is 10.0. The monoisotopic (exact) mass is 1470 g/mol. The fraction of sp³-hybridized carbons (Fsp3) is 0.639. The molecule has 0 aliphatic carbocycles. The average Bonchev–Trinajstić information content (AvgIpc) is 0.923. The van der Waals surface area contributed by atoms with Gasteiger partial charge in [-0.15, -0.1) is 0 Å². The van der Waals surface area contributed by atoms with E-state index in [0.717, 1.165) is 128 Å². The summed E-state index contributed by atoms with van der Waals surface area (Å²) in [5, 5.41) is 10.6. The van der Waals surface area contributed by atoms with Gasteiger partial charge in [0, 0.05) is 25.7 Å². The number of allylic oxidation sites excluding steroid dienone is 26. The normalized spacial score (nSPS) is 14.8. The van der Waals surface area contributed by atoms with Crippen molar-refractivity contribution in [3.63, 3.8) is 0 Å². The zero-order valence-corrected chi connectivity index (χ0v) is 65.0. The van der Waals surface area contributed by atoms with Gasteiger partial charge in [-0.1, -0.05) is 276 Å². The molecule has 0 aromatic rings. The van der Waals surface area contributed by atoms with E-state index in [9.17, 15) is 43.2 Å². The highest BCUT2D eigenvalue weighted by atomic mass is 31.2. The topological polar surface area (TPSA) is 237 Å². The molecule has 0 rings (SSSR count). The predicted molar refractivity (Wildman–Crippen MR) is 417 cm³/mol. The maximum Gasteiger partial charge on any atom is 0.472 e. The van der Waals surface area contributed by atoms with Crippen LogP contribution in [-0.4, -0.2) is 96.7 Å². The lowest BCUT2D eigenvalue weighted by Crippen LogP contribution is -2.30. The average molecular weight is 1470 g/mol. The van der Waals surface area contributed by atoms with Crippen LogP contribution >= 0.6 is 15.6 Å². The van der Waals surface area contributed by atoms with E-state index in [-0.39, 0.29) is 25.7 Å². The van der Waals surface area contributed by atoms with Crippen LogP contribution in [-0.2, 0) is 65.4 Å². The molecule has 0 aliphatic rings. The van der Waals surface area contributed by atoms with Gasteiger partial charge in [-0.25, -0.2) is 9.13 Å². The number of hydrogen-bond acceptors (Lipinski definition) is 15. The van der Waals surface area contributed by atoms with Crippen molar-refractivity contribution in [3.05, 3.63) is 158 Å². The van der Waals surface area contributed by atoms with Crippen LogP contribution in [0.4, 0.5) is 0 Å². The predicted octanol–water partition coefficient (Wildman–Crippen LogP) is 22.4. The van der Waals surface area contributed by atoms with E-state index < -0.39 is 97.5 Å². The van der Waals surface area contributed by atoms with Crippen molar-refractivity contribution in [1.29, 1.82) is 0 Å². The molecule has 0 aromatic heterocycles. The van der Waals surface area contributed by atoms with Crippen molar-refractivity contribution in [1.82, 2.24) is 0 Å². The van der Waals surface area contributed by atoms with Gasteiger partial charge in [0.1, 0.15) is 19.3 Å². The minimum atomic E-state index is -5.00. The molecule has 580 valence electrons. The zero-order valence-electron chi connectivity index (χ0n) is 63.2. The molecule has 0 spiro atoms. The summed E-state index contributed by atoms with van der Waals surface area (Å²) in [5.41, 5.74) is 0. The highest BCUT2D eigenvalue weighted by Crippen LogP contribution is 2.45. The maximum atomic E-state index is 13.1. The summed E-state index contributed by atoms with van der Waals surface area (Å²) in [6, 6.07) is 0. The molecule has 0 heterocycles. The van der Waals surface area contributed by atoms with E-state index in [1.54, 1.807) is 0 Å². The van der Waals surface area contributed by atoms with Gasteiger partial charge in [-0.3, -0.25) is 37.3 Å². The van der Waals surface area contributed by atoms with Gasteiger partial charge in [0.05, 0.1) is 26.4 Å². The Balaban J connectivity index is 5.48. The zero-order chi connectivity index (χ0) is 74.6. The number of phosphoric ester groups is 2. The number of carbonyl (C=O) groups is 4. The van der Waals surface area contributed by atoms with Crippen molar-refractivity contribution in [2.45, 2.75) is 303 Å². The number of aliphatic hydroxyl groups excluding tert-OH is 1. The number of unbranched alkanes of at least 4 members (excludes halogenated alkanes) is 19. The van der Waals surface area contributed by atoms with Gasteiger partial charge < -0.3 is 33.8 Å². The Kier molecular flexibility index (Phi) is 70.1. The Labute approximate surface area is 617 Å². The van der Waals surface area contributed by atoms with Crippen molar-refractivity contribution in [3.8, 4) is 0 Å². The molecule has 17 nitrogen and oxygen atoms in total. The van der Waals surface area contributed by atoms with Crippen LogP contribution in [0.25, 0.3) is 0 Å². The molecular formula is C83H136O17P2. The summed E-state index contributed by atoms with van der Waals surface area (Å²) >= 11 is 0. The molecule has 0 fully saturated rings. The van der Waals surface area contributed by atoms with Crippen LogP contribution in [0.2, 0.25) is 0 Å². The quantitative estimate of drug-likeness (QED) is 0.0169. The minimum Gasteiger partial charge on any atom is -0.462 e. The van der Waals surface area contributed by atoms with Gasteiger partial charge in [0.25, 0.3) is 0 Å². The molecule has 0 bridgehead atoms. The van der Waals surface area contributed by atoms with Gasteiger partial charge in [-0.05, 0) is 141 Å². The standard InChI is InChI=1S/C83H136O17P2/c1-5-9-13-17-21-25-29-33-37-38-42-44-48-52-56-60-64-68-81(86)94-74-79(100-83(88)70-66-62-58-54-50-46-41-36-32-28-24-20-16-12-8-4)76-98-102(91,92)96-72-77(84)71-95-101(89,90)97-75-78(99-82(87)69-65-61-57-53-49-45-40-35-31-27-23-19-15-11-7-3)73-93-80(85)67-63-59-55-51-47-43-39-34-30-26-22-18-14-10-6-2/h9-11,13-15,21-23,25-27,33-35,37,39-40,42,44,47,49,51-53,56,77-79,84H,5-8,12,16-20,24,28-32,36,38,41,43,45-46,48,50,54-55,57-76H2,1-4H3,(H,89,90)(H,91,92)/b13-9-,14-10-,15-11-,25-21-,26-22-,27-23-,37-33-,39-34-,40-35-,44-42-,51-47-,53-49-,56-52-. The second kappa shape index (κ2) is 74.0. The second-order valence-electron chi connectivity index (χ2n) is 25.2. The molecule has 0 aliphatic heterocycles. The third-order valence-corrected chi connectivity index (χ3v) is 17.4. The first kappa shape index (κ1) is 96.7. The van der Waals surface area contributed by atoms with Crippen LogP contribution in [0.15, 0.2) is 158 Å². The molecule has 19 heteroatoms. The molecule has 102 heavy (non-hydrogen) atoms. The third kappa shape index (κ3) is 73.0. The summed E-state index contributed by atoms with van der Waals surface area (Å²) in [7, 11) is -10.0. The molecular weight excluding hydrogens is 1330 g/mol. The van der Waals surface area contributed by atoms with Crippen molar-refractivity contribution < 1.29 is 80.2 Å². The number of carbonyl (C=O) groups excluding carboxylic acids is 4. The Morgan fingerprint density at radius 2 is 0.520 bits per heavy atom. The number of hydrogen-bond donors (Lipinski definition) is 3. The van der Waals surface area contributed by atoms with Crippen LogP contribution in [0.3, 0.4) is 0 Å². The van der Waals surface area contributed by atoms with Gasteiger partial charge in [-0.2, -0.15) is 0 Å². The van der Waals surface area contributed by atoms with E-state index in [1.807, 2.05) is 12.2 Å². The first-order valence-corrected chi connectivity index (χ1v) is 41.7. The molecule has 5 unspecified atom stereocenters. The molecule has 5 atom stereocenters. The van der Waals surface area contributed by atoms with Crippen LogP contribution in [0.5, 0.6) is 0 Å². The fourth-order valence-electron chi connectivity index (χ4n) is 9.71. The highest BCUT2D eigenvalue weighted by Gasteiger charge is 2.30. The van der Waals surface area contributed by atoms with E-state index >= 15 is 0 Å². The molecule has 3 N–H and O–H groups in total. The largest absolute Gasteiger partial charge is 0.472 e. The minimum absolute atomic E-state index is 0.0273. The van der Waals surface area contributed by atoms with Crippen molar-refractivity contribution in [2.24, 2.45) is 0 Å². The fourth-order valence-corrected chi connectivity index (χ4v) is 11.3. The second-order valence-corrected chi connectivity index (χ2v) is 28.1. The Morgan fingerprint density at radius 3 is 0.824 bits per heavy atom. The van der Waals surface area contributed by atoms with Crippen molar-refractivity contribution in [2.75, 3.05) is 39.6 Å². The first-order valence-electron chi connectivity index (χ1n) is 38.7. The number of ether oxygens (including phenoxy) is 4. The third-order valence-electron chi connectivity index (χ3n) is 15.5. The Hall–Kier alpha value is -5.32. The smallest absolute Gasteiger partial charge is 0.462 e. The number of aliphatic hydroxyl groups is 1. The summed E-state index contributed by atoms with van der Waals surface area (Å²) in [6.07, 6.45) is 85.3. The summed E-state index contributed by atoms with van der Waals surface area (Å²) in [6.45, 7) is 4.36. The van der Waals surface area contributed by atoms with Crippen LogP contribution in [0, 0.1) is 0 Å². The molecule has 0 aromatic carbocycles.